The van der Waals surface area contributed by atoms with Gasteiger partial charge in [-0.15, -0.1) is 0 Å². The molecule has 0 unspecified atom stereocenters. The number of amides is 1. The van der Waals surface area contributed by atoms with Crippen LogP contribution in [0.2, 0.25) is 0 Å². The Labute approximate surface area is 137 Å². The molecule has 1 aromatic rings. The van der Waals surface area contributed by atoms with Crippen molar-refractivity contribution in [2.45, 2.75) is 45.2 Å². The fraction of sp³-hybridized carbons (Fsp3) is 0.611. The van der Waals surface area contributed by atoms with E-state index in [1.807, 2.05) is 23.1 Å². The Morgan fingerprint density at radius 1 is 1.17 bits per heavy atom. The molecule has 3 rings (SSSR count). The van der Waals surface area contributed by atoms with Crippen LogP contribution in [0.5, 0.6) is 11.5 Å². The standard InChI is InChI=1S/C18H26N2O3/c1-13-11-20(12-14(2)19-13)18(21)7-5-15-4-6-16-17(10-15)23-9-3-8-22-16/h4,6,10,13-14,19H,3,5,7-9,11-12H2,1-2H3/t13-,14-/m0/s1. The lowest BCUT2D eigenvalue weighted by Gasteiger charge is -2.36. The molecule has 0 aliphatic carbocycles. The van der Waals surface area contributed by atoms with E-state index in [-0.39, 0.29) is 5.91 Å². The summed E-state index contributed by atoms with van der Waals surface area (Å²) in [4.78, 5) is 14.4. The van der Waals surface area contributed by atoms with Crippen molar-refractivity contribution in [1.29, 1.82) is 0 Å². The zero-order valence-electron chi connectivity index (χ0n) is 14.0. The van der Waals surface area contributed by atoms with E-state index in [9.17, 15) is 4.79 Å². The van der Waals surface area contributed by atoms with E-state index in [0.717, 1.165) is 43.0 Å². The predicted molar refractivity (Wildman–Crippen MR) is 89.0 cm³/mol. The Kier molecular flexibility index (Phi) is 5.06. The van der Waals surface area contributed by atoms with Crippen molar-refractivity contribution in [2.24, 2.45) is 0 Å². The number of ether oxygens (including phenoxy) is 2. The van der Waals surface area contributed by atoms with Crippen LogP contribution < -0.4 is 14.8 Å². The average molecular weight is 318 g/mol. The van der Waals surface area contributed by atoms with Crippen LogP contribution in [0.15, 0.2) is 18.2 Å². The number of hydrogen-bond acceptors (Lipinski definition) is 4. The molecule has 2 atom stereocenters. The molecule has 2 aliphatic heterocycles. The molecule has 1 fully saturated rings. The number of benzene rings is 1. The van der Waals surface area contributed by atoms with Gasteiger partial charge in [0.1, 0.15) is 0 Å². The van der Waals surface area contributed by atoms with Crippen LogP contribution >= 0.6 is 0 Å². The third kappa shape index (κ3) is 4.16. The summed E-state index contributed by atoms with van der Waals surface area (Å²) in [7, 11) is 0. The predicted octanol–water partition coefficient (Wildman–Crippen LogP) is 1.99. The molecule has 2 aliphatic rings. The summed E-state index contributed by atoms with van der Waals surface area (Å²) < 4.78 is 11.4. The van der Waals surface area contributed by atoms with Gasteiger partial charge in [0.15, 0.2) is 11.5 Å². The summed E-state index contributed by atoms with van der Waals surface area (Å²) in [5, 5.41) is 3.45. The molecule has 1 N–H and O–H groups in total. The van der Waals surface area contributed by atoms with E-state index in [1.54, 1.807) is 0 Å². The van der Waals surface area contributed by atoms with Gasteiger partial charge in [0.05, 0.1) is 13.2 Å². The highest BCUT2D eigenvalue weighted by atomic mass is 16.5. The highest BCUT2D eigenvalue weighted by Crippen LogP contribution is 2.30. The first kappa shape index (κ1) is 16.1. The Bertz CT molecular complexity index is 551. The highest BCUT2D eigenvalue weighted by Gasteiger charge is 2.24. The van der Waals surface area contributed by atoms with Gasteiger partial charge < -0.3 is 19.7 Å². The van der Waals surface area contributed by atoms with Crippen LogP contribution in [0.1, 0.15) is 32.3 Å². The molecule has 126 valence electrons. The van der Waals surface area contributed by atoms with E-state index in [0.29, 0.717) is 31.7 Å². The van der Waals surface area contributed by atoms with Crippen LogP contribution in [-0.2, 0) is 11.2 Å². The topological polar surface area (TPSA) is 50.8 Å². The Morgan fingerprint density at radius 2 is 1.87 bits per heavy atom. The largest absolute Gasteiger partial charge is 0.490 e. The van der Waals surface area contributed by atoms with Crippen LogP contribution in [0.4, 0.5) is 0 Å². The van der Waals surface area contributed by atoms with Crippen LogP contribution in [-0.4, -0.2) is 49.2 Å². The van der Waals surface area contributed by atoms with Crippen LogP contribution in [0, 0.1) is 0 Å². The molecule has 5 nitrogen and oxygen atoms in total. The second-order valence-corrected chi connectivity index (χ2v) is 6.60. The highest BCUT2D eigenvalue weighted by molar-refractivity contribution is 5.76. The van der Waals surface area contributed by atoms with E-state index in [2.05, 4.69) is 19.2 Å². The van der Waals surface area contributed by atoms with Crippen molar-refractivity contribution in [1.82, 2.24) is 10.2 Å². The summed E-state index contributed by atoms with van der Waals surface area (Å²) in [5.74, 6) is 1.84. The van der Waals surface area contributed by atoms with Gasteiger partial charge in [-0.3, -0.25) is 4.79 Å². The monoisotopic (exact) mass is 318 g/mol. The number of nitrogens with zero attached hydrogens (tertiary/aromatic N) is 1. The lowest BCUT2D eigenvalue weighted by molar-refractivity contribution is -0.132. The summed E-state index contributed by atoms with van der Waals surface area (Å²) in [5.41, 5.74) is 1.12. The molecule has 5 heteroatoms. The van der Waals surface area contributed by atoms with Gasteiger partial charge in [-0.05, 0) is 38.0 Å². The molecule has 0 radical (unpaired) electrons. The SMILES string of the molecule is C[C@H]1CN(C(=O)CCc2ccc3c(c2)OCCCO3)C[C@H](C)N1. The van der Waals surface area contributed by atoms with Gasteiger partial charge in [0.25, 0.3) is 0 Å². The second kappa shape index (κ2) is 7.21. The minimum absolute atomic E-state index is 0.234. The molecule has 0 spiro atoms. The fourth-order valence-corrected chi connectivity index (χ4v) is 3.30. The number of carbonyl (C=O) groups excluding carboxylic acids is 1. The van der Waals surface area contributed by atoms with Gasteiger partial charge in [-0.25, -0.2) is 0 Å². The molecule has 2 heterocycles. The lowest BCUT2D eigenvalue weighted by atomic mass is 10.1. The van der Waals surface area contributed by atoms with Crippen LogP contribution in [0.25, 0.3) is 0 Å². The fourth-order valence-electron chi connectivity index (χ4n) is 3.30. The summed E-state index contributed by atoms with van der Waals surface area (Å²) in [6, 6.07) is 6.72. The van der Waals surface area contributed by atoms with E-state index >= 15 is 0 Å². The maximum absolute atomic E-state index is 12.4. The third-order valence-electron chi connectivity index (χ3n) is 4.35. The minimum Gasteiger partial charge on any atom is -0.490 e. The number of rotatable bonds is 3. The molecule has 0 bridgehead atoms. The first-order valence-corrected chi connectivity index (χ1v) is 8.54. The molecule has 1 saturated heterocycles. The molecular weight excluding hydrogens is 292 g/mol. The summed E-state index contributed by atoms with van der Waals surface area (Å²) in [6.45, 7) is 7.23. The zero-order valence-corrected chi connectivity index (χ0v) is 14.0. The maximum atomic E-state index is 12.4. The number of fused-ring (bicyclic) bond motifs is 1. The molecule has 23 heavy (non-hydrogen) atoms. The van der Waals surface area contributed by atoms with Gasteiger partial charge in [0.2, 0.25) is 5.91 Å². The van der Waals surface area contributed by atoms with E-state index in [1.165, 1.54) is 0 Å². The number of carbonyl (C=O) groups is 1. The van der Waals surface area contributed by atoms with Gasteiger partial charge in [0, 0.05) is 38.0 Å². The molecule has 0 aromatic heterocycles. The molecular formula is C18H26N2O3. The Hall–Kier alpha value is -1.75. The Balaban J connectivity index is 1.57. The molecule has 0 saturated carbocycles. The number of hydrogen-bond donors (Lipinski definition) is 1. The van der Waals surface area contributed by atoms with Crippen LogP contribution in [0.3, 0.4) is 0 Å². The lowest BCUT2D eigenvalue weighted by Crippen LogP contribution is -2.55. The quantitative estimate of drug-likeness (QED) is 0.926. The maximum Gasteiger partial charge on any atom is 0.223 e. The van der Waals surface area contributed by atoms with Gasteiger partial charge in [-0.1, -0.05) is 6.07 Å². The van der Waals surface area contributed by atoms with Crippen molar-refractivity contribution in [3.8, 4) is 11.5 Å². The summed E-state index contributed by atoms with van der Waals surface area (Å²) in [6.07, 6.45) is 2.18. The number of piperazine rings is 1. The van der Waals surface area contributed by atoms with E-state index < -0.39 is 0 Å². The van der Waals surface area contributed by atoms with Crippen molar-refractivity contribution in [2.75, 3.05) is 26.3 Å². The number of aryl methyl sites for hydroxylation is 1. The van der Waals surface area contributed by atoms with Crippen molar-refractivity contribution < 1.29 is 14.3 Å². The van der Waals surface area contributed by atoms with Gasteiger partial charge >= 0.3 is 0 Å². The van der Waals surface area contributed by atoms with Crippen molar-refractivity contribution >= 4 is 5.91 Å². The van der Waals surface area contributed by atoms with E-state index in [4.69, 9.17) is 9.47 Å². The normalized spacial score (nSPS) is 24.2. The average Bonchev–Trinajstić information content (AvgIpc) is 2.76. The smallest absolute Gasteiger partial charge is 0.223 e. The Morgan fingerprint density at radius 3 is 2.61 bits per heavy atom. The molecule has 1 aromatic carbocycles. The first-order chi connectivity index (χ1) is 11.1. The van der Waals surface area contributed by atoms with Crippen molar-refractivity contribution in [3.63, 3.8) is 0 Å². The van der Waals surface area contributed by atoms with Crippen molar-refractivity contribution in [3.05, 3.63) is 23.8 Å². The minimum atomic E-state index is 0.234. The molecule has 1 amide bonds. The first-order valence-electron chi connectivity index (χ1n) is 8.54. The van der Waals surface area contributed by atoms with Gasteiger partial charge in [-0.2, -0.15) is 0 Å². The third-order valence-corrected chi connectivity index (χ3v) is 4.35. The summed E-state index contributed by atoms with van der Waals surface area (Å²) >= 11 is 0. The zero-order chi connectivity index (χ0) is 16.2. The second-order valence-electron chi connectivity index (χ2n) is 6.60. The number of nitrogens with one attached hydrogen (secondary N) is 1.